The van der Waals surface area contributed by atoms with Gasteiger partial charge in [-0.3, -0.25) is 4.79 Å². The summed E-state index contributed by atoms with van der Waals surface area (Å²) in [6, 6.07) is 11.2. The molecule has 1 saturated heterocycles. The lowest BCUT2D eigenvalue weighted by Gasteiger charge is -2.35. The van der Waals surface area contributed by atoms with Crippen molar-refractivity contribution in [3.63, 3.8) is 0 Å². The fourth-order valence-corrected chi connectivity index (χ4v) is 4.27. The van der Waals surface area contributed by atoms with Crippen molar-refractivity contribution in [2.24, 2.45) is 0 Å². The van der Waals surface area contributed by atoms with E-state index in [2.05, 4.69) is 10.9 Å². The number of hydrogen-bond acceptors (Lipinski definition) is 8. The van der Waals surface area contributed by atoms with E-state index >= 15 is 0 Å². The fraction of sp³-hybridized carbons (Fsp3) is 0.300. The largest absolute Gasteiger partial charge is 0.493 e. The van der Waals surface area contributed by atoms with E-state index in [9.17, 15) is 4.79 Å². The number of allylic oxidation sites excluding steroid dienone is 3. The number of nitrogen functional groups attached to an aromatic ring is 1. The highest BCUT2D eigenvalue weighted by molar-refractivity contribution is 5.91. The summed E-state index contributed by atoms with van der Waals surface area (Å²) in [4.78, 5) is 26.1. The van der Waals surface area contributed by atoms with E-state index in [-0.39, 0.29) is 5.91 Å². The molecule has 0 bridgehead atoms. The monoisotopic (exact) mass is 527 g/mol. The maximum Gasteiger partial charge on any atom is 0.228 e. The van der Waals surface area contributed by atoms with Crippen molar-refractivity contribution >= 4 is 28.6 Å². The molecule has 202 valence electrons. The van der Waals surface area contributed by atoms with Crippen LogP contribution in [0.1, 0.15) is 12.5 Å². The van der Waals surface area contributed by atoms with E-state index in [4.69, 9.17) is 31.4 Å². The number of nitrogens with two attached hydrogens (primary N) is 1. The van der Waals surface area contributed by atoms with Crippen molar-refractivity contribution in [2.45, 2.75) is 13.3 Å². The number of aromatic nitrogens is 2. The number of benzene rings is 2. The van der Waals surface area contributed by atoms with Crippen LogP contribution in [-0.4, -0.2) is 67.8 Å². The topological polar surface area (TPSA) is 103 Å². The Hall–Kier alpha value is -4.71. The van der Waals surface area contributed by atoms with E-state index in [1.807, 2.05) is 53.1 Å². The van der Waals surface area contributed by atoms with Gasteiger partial charge in [-0.1, -0.05) is 30.2 Å². The van der Waals surface area contributed by atoms with Gasteiger partial charge in [0, 0.05) is 37.6 Å². The highest BCUT2D eigenvalue weighted by Crippen LogP contribution is 2.34. The van der Waals surface area contributed by atoms with Crippen molar-refractivity contribution in [1.82, 2.24) is 14.9 Å². The van der Waals surface area contributed by atoms with Gasteiger partial charge in [0.25, 0.3) is 0 Å². The highest BCUT2D eigenvalue weighted by Gasteiger charge is 2.24. The summed E-state index contributed by atoms with van der Waals surface area (Å²) in [6.45, 7) is 4.81. The van der Waals surface area contributed by atoms with Crippen LogP contribution in [-0.2, 0) is 11.2 Å². The molecule has 9 heteroatoms. The minimum absolute atomic E-state index is 0.0816. The highest BCUT2D eigenvalue weighted by atomic mass is 16.5. The van der Waals surface area contributed by atoms with Gasteiger partial charge in [-0.25, -0.2) is 4.98 Å². The first-order valence-electron chi connectivity index (χ1n) is 12.6. The van der Waals surface area contributed by atoms with Gasteiger partial charge >= 0.3 is 0 Å². The third-order valence-corrected chi connectivity index (χ3v) is 6.45. The number of amides is 1. The lowest BCUT2D eigenvalue weighted by atomic mass is 10.1. The van der Waals surface area contributed by atoms with E-state index in [0.29, 0.717) is 73.4 Å². The zero-order chi connectivity index (χ0) is 27.8. The summed E-state index contributed by atoms with van der Waals surface area (Å²) in [6.07, 6.45) is 10.9. The zero-order valence-corrected chi connectivity index (χ0v) is 22.5. The van der Waals surface area contributed by atoms with Gasteiger partial charge in [0.05, 0.1) is 26.2 Å². The number of ether oxygens (including phenoxy) is 3. The number of fused-ring (bicyclic) bond motifs is 1. The number of hydrogen-bond donors (Lipinski definition) is 1. The summed E-state index contributed by atoms with van der Waals surface area (Å²) in [5, 5.41) is 0.699. The smallest absolute Gasteiger partial charge is 0.228 e. The van der Waals surface area contributed by atoms with Crippen LogP contribution in [0.5, 0.6) is 17.2 Å². The Morgan fingerprint density at radius 3 is 2.44 bits per heavy atom. The van der Waals surface area contributed by atoms with Crippen LogP contribution in [0.4, 0.5) is 11.8 Å². The minimum Gasteiger partial charge on any atom is -0.493 e. The number of carbonyl (C=O) groups excluding carboxylic acids is 1. The quantitative estimate of drug-likeness (QED) is 0.332. The first kappa shape index (κ1) is 27.3. The number of terminal acetylenes is 1. The second-order valence-electron chi connectivity index (χ2n) is 9.15. The van der Waals surface area contributed by atoms with Crippen molar-refractivity contribution in [2.75, 3.05) is 57.6 Å². The van der Waals surface area contributed by atoms with Crippen LogP contribution in [0, 0.1) is 12.3 Å². The Balaban J connectivity index is 1.32. The van der Waals surface area contributed by atoms with Gasteiger partial charge in [0.1, 0.15) is 18.2 Å². The Morgan fingerprint density at radius 2 is 1.77 bits per heavy atom. The molecule has 2 heterocycles. The van der Waals surface area contributed by atoms with Gasteiger partial charge < -0.3 is 29.7 Å². The van der Waals surface area contributed by atoms with E-state index in [0.717, 1.165) is 16.9 Å². The van der Waals surface area contributed by atoms with Crippen LogP contribution >= 0.6 is 0 Å². The Labute approximate surface area is 228 Å². The molecule has 1 aliphatic rings. The predicted molar refractivity (Wildman–Crippen MR) is 153 cm³/mol. The molecule has 1 aliphatic heterocycles. The molecule has 9 nitrogen and oxygen atoms in total. The number of carbonyl (C=O) groups is 1. The van der Waals surface area contributed by atoms with Crippen molar-refractivity contribution in [1.29, 1.82) is 0 Å². The molecular formula is C30H33N5O4. The van der Waals surface area contributed by atoms with Crippen LogP contribution < -0.4 is 24.8 Å². The Kier molecular flexibility index (Phi) is 8.90. The molecule has 0 spiro atoms. The van der Waals surface area contributed by atoms with Crippen molar-refractivity contribution in [3.05, 3.63) is 65.8 Å². The van der Waals surface area contributed by atoms with Gasteiger partial charge in [0.15, 0.2) is 11.5 Å². The molecular weight excluding hydrogens is 494 g/mol. The maximum atomic E-state index is 13.0. The molecule has 4 rings (SSSR count). The number of rotatable bonds is 9. The molecule has 2 aromatic carbocycles. The van der Waals surface area contributed by atoms with Crippen LogP contribution in [0.15, 0.2) is 60.2 Å². The molecule has 0 radical (unpaired) electrons. The second kappa shape index (κ2) is 12.7. The van der Waals surface area contributed by atoms with E-state index in [1.165, 1.54) is 0 Å². The summed E-state index contributed by atoms with van der Waals surface area (Å²) >= 11 is 0. The summed E-state index contributed by atoms with van der Waals surface area (Å²) in [7, 11) is 3.15. The van der Waals surface area contributed by atoms with Crippen LogP contribution in [0.3, 0.4) is 0 Å². The number of methoxy groups -OCH3 is 2. The molecule has 1 aromatic heterocycles. The molecule has 0 aliphatic carbocycles. The number of nitrogens with zero attached hydrogens (tertiary/aromatic N) is 4. The fourth-order valence-electron chi connectivity index (χ4n) is 4.27. The Bertz CT molecular complexity index is 1420. The molecule has 2 N–H and O–H groups in total. The SMILES string of the molecule is C#C/C=C\C=C(/C)COc1ccc(CC(=O)N2CCN(c3nc(N)c4cc(OC)c(OC)cc4n3)CC2)cc1. The third kappa shape index (κ3) is 6.79. The molecule has 1 amide bonds. The first-order chi connectivity index (χ1) is 18.9. The van der Waals surface area contributed by atoms with Crippen LogP contribution in [0.2, 0.25) is 0 Å². The van der Waals surface area contributed by atoms with E-state index in [1.54, 1.807) is 32.4 Å². The minimum atomic E-state index is 0.0816. The van der Waals surface area contributed by atoms with Crippen LogP contribution in [0.25, 0.3) is 10.9 Å². The maximum absolute atomic E-state index is 13.0. The molecule has 3 aromatic rings. The lowest BCUT2D eigenvalue weighted by Crippen LogP contribution is -2.49. The van der Waals surface area contributed by atoms with Gasteiger partial charge in [-0.15, -0.1) is 6.42 Å². The molecule has 39 heavy (non-hydrogen) atoms. The van der Waals surface area contributed by atoms with Gasteiger partial charge in [-0.05, 0) is 42.3 Å². The van der Waals surface area contributed by atoms with Gasteiger partial charge in [0.2, 0.25) is 11.9 Å². The summed E-state index contributed by atoms with van der Waals surface area (Å²) in [5.74, 6) is 5.33. The zero-order valence-electron chi connectivity index (χ0n) is 22.5. The number of piperazine rings is 1. The first-order valence-corrected chi connectivity index (χ1v) is 12.6. The second-order valence-corrected chi connectivity index (χ2v) is 9.15. The molecule has 0 saturated carbocycles. The average molecular weight is 528 g/mol. The lowest BCUT2D eigenvalue weighted by molar-refractivity contribution is -0.130. The summed E-state index contributed by atoms with van der Waals surface area (Å²) in [5.41, 5.74) is 8.92. The molecule has 1 fully saturated rings. The summed E-state index contributed by atoms with van der Waals surface area (Å²) < 4.78 is 16.6. The molecule has 0 unspecified atom stereocenters. The van der Waals surface area contributed by atoms with Crippen molar-refractivity contribution in [3.8, 4) is 29.6 Å². The van der Waals surface area contributed by atoms with Gasteiger partial charge in [-0.2, -0.15) is 4.98 Å². The Morgan fingerprint density at radius 1 is 1.08 bits per heavy atom. The van der Waals surface area contributed by atoms with E-state index < -0.39 is 0 Å². The molecule has 0 atom stereocenters. The average Bonchev–Trinajstić information content (AvgIpc) is 2.96. The normalized spacial score (nSPS) is 13.9. The standard InChI is InChI=1S/C30H33N5O4/c1-5-6-7-8-21(2)20-39-23-11-9-22(10-12-23)17-28(36)34-13-15-35(16-14-34)30-32-25-19-27(38-4)26(37-3)18-24(25)29(31)33-30/h1,6-12,18-19H,13-17,20H2,2-4H3,(H2,31,32,33)/b7-6-,21-8+. The van der Waals surface area contributed by atoms with Crippen molar-refractivity contribution < 1.29 is 19.0 Å². The third-order valence-electron chi connectivity index (χ3n) is 6.45. The predicted octanol–water partition coefficient (Wildman–Crippen LogP) is 3.64. The number of anilines is 2.